The first-order valence-electron chi connectivity index (χ1n) is 7.81. The highest BCUT2D eigenvalue weighted by Gasteiger charge is 2.26. The van der Waals surface area contributed by atoms with Crippen molar-refractivity contribution in [3.8, 4) is 0 Å². The maximum atomic E-state index is 12.8. The van der Waals surface area contributed by atoms with Crippen LogP contribution in [0.4, 0.5) is 0 Å². The van der Waals surface area contributed by atoms with Crippen molar-refractivity contribution < 1.29 is 4.79 Å². The van der Waals surface area contributed by atoms with Crippen molar-refractivity contribution >= 4 is 16.9 Å². The van der Waals surface area contributed by atoms with Crippen molar-refractivity contribution in [2.45, 2.75) is 18.9 Å². The summed E-state index contributed by atoms with van der Waals surface area (Å²) in [5.74, 6) is -0.0555. The van der Waals surface area contributed by atoms with E-state index in [9.17, 15) is 4.79 Å². The second-order valence-electron chi connectivity index (χ2n) is 5.78. The van der Waals surface area contributed by atoms with Crippen LogP contribution in [0.2, 0.25) is 0 Å². The lowest BCUT2D eigenvalue weighted by molar-refractivity contribution is 0.0667. The molecule has 3 aromatic rings. The van der Waals surface area contributed by atoms with Crippen molar-refractivity contribution in [1.29, 1.82) is 0 Å². The normalized spacial score (nSPS) is 18.3. The maximum Gasteiger partial charge on any atom is 0.274 e. The molecule has 1 fully saturated rings. The lowest BCUT2D eigenvalue weighted by Gasteiger charge is -2.32. The molecule has 3 heterocycles. The number of benzene rings is 1. The standard InChI is InChI=1S/C17H17N5O/c23-17(16-11-18-14-6-1-2-7-15(14)20-16)21-9-3-5-13(12-21)22-10-4-8-19-22/h1-2,4,6-8,10-11,13H,3,5,9,12H2/t13-/m0/s1. The maximum absolute atomic E-state index is 12.8. The molecule has 6 nitrogen and oxygen atoms in total. The van der Waals surface area contributed by atoms with E-state index in [0.717, 1.165) is 30.4 Å². The van der Waals surface area contributed by atoms with Gasteiger partial charge in [0.1, 0.15) is 5.69 Å². The Hall–Kier alpha value is -2.76. The van der Waals surface area contributed by atoms with Crippen LogP contribution in [0.5, 0.6) is 0 Å². The van der Waals surface area contributed by atoms with Gasteiger partial charge in [-0.2, -0.15) is 5.10 Å². The minimum absolute atomic E-state index is 0.0555. The number of aromatic nitrogens is 4. The van der Waals surface area contributed by atoms with Gasteiger partial charge in [-0.05, 0) is 31.0 Å². The minimum atomic E-state index is -0.0555. The number of amides is 1. The Bertz CT molecular complexity index is 830. The summed E-state index contributed by atoms with van der Waals surface area (Å²) in [6, 6.07) is 9.73. The average Bonchev–Trinajstić information content (AvgIpc) is 3.15. The molecule has 116 valence electrons. The third-order valence-electron chi connectivity index (χ3n) is 4.25. The Kier molecular flexibility index (Phi) is 3.49. The molecule has 23 heavy (non-hydrogen) atoms. The molecule has 1 aliphatic rings. The van der Waals surface area contributed by atoms with E-state index >= 15 is 0 Å². The number of nitrogens with zero attached hydrogens (tertiary/aromatic N) is 5. The lowest BCUT2D eigenvalue weighted by atomic mass is 10.1. The zero-order valence-electron chi connectivity index (χ0n) is 12.7. The van der Waals surface area contributed by atoms with Gasteiger partial charge in [-0.25, -0.2) is 4.98 Å². The van der Waals surface area contributed by atoms with E-state index < -0.39 is 0 Å². The quantitative estimate of drug-likeness (QED) is 0.729. The van der Waals surface area contributed by atoms with Crippen molar-refractivity contribution in [3.63, 3.8) is 0 Å². The zero-order chi connectivity index (χ0) is 15.6. The van der Waals surface area contributed by atoms with Gasteiger partial charge in [-0.15, -0.1) is 0 Å². The highest BCUT2D eigenvalue weighted by Crippen LogP contribution is 2.22. The van der Waals surface area contributed by atoms with Crippen LogP contribution in [0.15, 0.2) is 48.9 Å². The largest absolute Gasteiger partial charge is 0.335 e. The van der Waals surface area contributed by atoms with Crippen molar-refractivity contribution in [2.75, 3.05) is 13.1 Å². The predicted octanol–water partition coefficient (Wildman–Crippen LogP) is 2.30. The Balaban J connectivity index is 1.57. The molecule has 4 rings (SSSR count). The van der Waals surface area contributed by atoms with Gasteiger partial charge < -0.3 is 4.90 Å². The highest BCUT2D eigenvalue weighted by molar-refractivity contribution is 5.93. The first kappa shape index (κ1) is 13.9. The van der Waals surface area contributed by atoms with Crippen LogP contribution in [0, 0.1) is 0 Å². The van der Waals surface area contributed by atoms with E-state index in [0.29, 0.717) is 12.2 Å². The molecule has 0 aliphatic carbocycles. The predicted molar refractivity (Wildman–Crippen MR) is 85.9 cm³/mol. The van der Waals surface area contributed by atoms with Crippen molar-refractivity contribution in [1.82, 2.24) is 24.6 Å². The van der Waals surface area contributed by atoms with Crippen LogP contribution in [0.3, 0.4) is 0 Å². The number of carbonyl (C=O) groups excluding carboxylic acids is 1. The summed E-state index contributed by atoms with van der Waals surface area (Å²) in [7, 11) is 0. The molecular formula is C17H17N5O. The molecule has 0 N–H and O–H groups in total. The van der Waals surface area contributed by atoms with Crippen LogP contribution in [-0.2, 0) is 0 Å². The number of hydrogen-bond acceptors (Lipinski definition) is 4. The van der Waals surface area contributed by atoms with Crippen molar-refractivity contribution in [2.24, 2.45) is 0 Å². The Morgan fingerprint density at radius 2 is 2.04 bits per heavy atom. The van der Waals surface area contributed by atoms with E-state index in [2.05, 4.69) is 15.1 Å². The highest BCUT2D eigenvalue weighted by atomic mass is 16.2. The fourth-order valence-electron chi connectivity index (χ4n) is 3.07. The van der Waals surface area contributed by atoms with Gasteiger partial charge in [-0.3, -0.25) is 14.5 Å². The molecular weight excluding hydrogens is 290 g/mol. The molecule has 0 saturated carbocycles. The Morgan fingerprint density at radius 1 is 1.17 bits per heavy atom. The second-order valence-corrected chi connectivity index (χ2v) is 5.78. The van der Waals surface area contributed by atoms with E-state index in [1.807, 2.05) is 46.1 Å². The van der Waals surface area contributed by atoms with Gasteiger partial charge >= 0.3 is 0 Å². The number of piperidine rings is 1. The first-order valence-corrected chi connectivity index (χ1v) is 7.81. The third kappa shape index (κ3) is 2.67. The zero-order valence-corrected chi connectivity index (χ0v) is 12.7. The van der Waals surface area contributed by atoms with Crippen LogP contribution in [0.1, 0.15) is 29.4 Å². The molecule has 1 saturated heterocycles. The fourth-order valence-corrected chi connectivity index (χ4v) is 3.07. The number of hydrogen-bond donors (Lipinski definition) is 0. The number of likely N-dealkylation sites (tertiary alicyclic amines) is 1. The summed E-state index contributed by atoms with van der Waals surface area (Å²) in [5, 5.41) is 4.30. The van der Waals surface area contributed by atoms with Gasteiger partial charge in [0.25, 0.3) is 5.91 Å². The van der Waals surface area contributed by atoms with Gasteiger partial charge in [0, 0.05) is 25.5 Å². The summed E-state index contributed by atoms with van der Waals surface area (Å²) < 4.78 is 1.94. The molecule has 1 aromatic carbocycles. The van der Waals surface area contributed by atoms with Crippen LogP contribution in [-0.4, -0.2) is 43.6 Å². The van der Waals surface area contributed by atoms with Gasteiger partial charge in [0.15, 0.2) is 0 Å². The van der Waals surface area contributed by atoms with E-state index in [1.165, 1.54) is 0 Å². The summed E-state index contributed by atoms with van der Waals surface area (Å²) in [4.78, 5) is 23.4. The fraction of sp³-hybridized carbons (Fsp3) is 0.294. The van der Waals surface area contributed by atoms with Crippen molar-refractivity contribution in [3.05, 3.63) is 54.6 Å². The van der Waals surface area contributed by atoms with Gasteiger partial charge in [-0.1, -0.05) is 12.1 Å². The number of carbonyl (C=O) groups is 1. The van der Waals surface area contributed by atoms with Crippen LogP contribution in [0.25, 0.3) is 11.0 Å². The number of fused-ring (bicyclic) bond motifs is 1. The Morgan fingerprint density at radius 3 is 2.87 bits per heavy atom. The number of para-hydroxylation sites is 2. The third-order valence-corrected chi connectivity index (χ3v) is 4.25. The van der Waals surface area contributed by atoms with Crippen LogP contribution >= 0.6 is 0 Å². The molecule has 1 atom stereocenters. The molecule has 0 radical (unpaired) electrons. The lowest BCUT2D eigenvalue weighted by Crippen LogP contribution is -2.41. The molecule has 1 aliphatic heterocycles. The molecule has 1 amide bonds. The van der Waals surface area contributed by atoms with E-state index in [4.69, 9.17) is 0 Å². The van der Waals surface area contributed by atoms with E-state index in [1.54, 1.807) is 12.4 Å². The molecule has 2 aromatic heterocycles. The van der Waals surface area contributed by atoms with E-state index in [-0.39, 0.29) is 11.9 Å². The molecule has 0 unspecified atom stereocenters. The van der Waals surface area contributed by atoms with Gasteiger partial charge in [0.2, 0.25) is 0 Å². The summed E-state index contributed by atoms with van der Waals surface area (Å²) in [6.45, 7) is 1.42. The SMILES string of the molecule is O=C(c1cnc2ccccc2n1)N1CCC[C@H](n2cccn2)C1. The van der Waals surface area contributed by atoms with Crippen LogP contribution < -0.4 is 0 Å². The second kappa shape index (κ2) is 5.79. The average molecular weight is 307 g/mol. The molecule has 0 spiro atoms. The Labute approximate surface area is 133 Å². The topological polar surface area (TPSA) is 63.9 Å². The number of rotatable bonds is 2. The van der Waals surface area contributed by atoms with Gasteiger partial charge in [0.05, 0.1) is 23.3 Å². The summed E-state index contributed by atoms with van der Waals surface area (Å²) in [6.07, 6.45) is 7.30. The minimum Gasteiger partial charge on any atom is -0.335 e. The summed E-state index contributed by atoms with van der Waals surface area (Å²) >= 11 is 0. The monoisotopic (exact) mass is 307 g/mol. The molecule has 6 heteroatoms. The smallest absolute Gasteiger partial charge is 0.274 e. The molecule has 0 bridgehead atoms. The first-order chi connectivity index (χ1) is 11.3. The summed E-state index contributed by atoms with van der Waals surface area (Å²) in [5.41, 5.74) is 1.96.